The summed E-state index contributed by atoms with van der Waals surface area (Å²) in [6.07, 6.45) is 0.796. The van der Waals surface area contributed by atoms with Gasteiger partial charge in [0.15, 0.2) is 5.70 Å². The maximum Gasteiger partial charge on any atom is 0.307 e. The van der Waals surface area contributed by atoms with Gasteiger partial charge in [-0.3, -0.25) is 14.4 Å². The van der Waals surface area contributed by atoms with E-state index in [0.717, 1.165) is 13.2 Å². The molecule has 1 heterocycles. The van der Waals surface area contributed by atoms with Gasteiger partial charge in [0.1, 0.15) is 12.3 Å². The van der Waals surface area contributed by atoms with E-state index >= 15 is 0 Å². The van der Waals surface area contributed by atoms with E-state index in [2.05, 4.69) is 4.74 Å². The lowest BCUT2D eigenvalue weighted by Gasteiger charge is -2.11. The van der Waals surface area contributed by atoms with Gasteiger partial charge >= 0.3 is 5.97 Å². The molecule has 0 atom stereocenters. The summed E-state index contributed by atoms with van der Waals surface area (Å²) < 4.78 is 4.53. The highest BCUT2D eigenvalue weighted by Crippen LogP contribution is 2.25. The second-order valence-corrected chi connectivity index (χ2v) is 3.72. The number of imide groups is 1. The lowest BCUT2D eigenvalue weighted by atomic mass is 10.1. The van der Waals surface area contributed by atoms with Crippen LogP contribution in [0.5, 0.6) is 0 Å². The fourth-order valence-corrected chi connectivity index (χ4v) is 1.68. The lowest BCUT2D eigenvalue weighted by Crippen LogP contribution is -2.28. The predicted molar refractivity (Wildman–Crippen MR) is 62.4 cm³/mol. The summed E-state index contributed by atoms with van der Waals surface area (Å²) in [5.74, 6) is -1.87. The summed E-state index contributed by atoms with van der Waals surface area (Å²) in [5, 5.41) is 8.96. The van der Waals surface area contributed by atoms with E-state index in [0.29, 0.717) is 4.90 Å². The number of allylic oxidation sites excluding steroid dienone is 1. The topological polar surface area (TPSA) is 87.5 Å². The SMILES string of the molecule is CC(=O)O/C=C(\C#N)N1C(=O)c2ccccc2C1=O. The minimum Gasteiger partial charge on any atom is -0.432 e. The van der Waals surface area contributed by atoms with Gasteiger partial charge in [-0.15, -0.1) is 0 Å². The number of amides is 2. The summed E-state index contributed by atoms with van der Waals surface area (Å²) in [7, 11) is 0. The van der Waals surface area contributed by atoms with Crippen molar-refractivity contribution < 1.29 is 19.1 Å². The Morgan fingerprint density at radius 3 is 2.21 bits per heavy atom. The Hall–Kier alpha value is -2.94. The monoisotopic (exact) mass is 256 g/mol. The molecule has 6 nitrogen and oxygen atoms in total. The van der Waals surface area contributed by atoms with Gasteiger partial charge in [0.2, 0.25) is 0 Å². The fourth-order valence-electron chi connectivity index (χ4n) is 1.68. The Morgan fingerprint density at radius 2 is 1.79 bits per heavy atom. The Kier molecular flexibility index (Phi) is 3.12. The molecule has 0 bridgehead atoms. The predicted octanol–water partition coefficient (Wildman–Crippen LogP) is 1.21. The van der Waals surface area contributed by atoms with Crippen LogP contribution >= 0.6 is 0 Å². The average molecular weight is 256 g/mol. The van der Waals surface area contributed by atoms with Crippen molar-refractivity contribution in [2.24, 2.45) is 0 Å². The normalized spacial score (nSPS) is 14.1. The first-order valence-electron chi connectivity index (χ1n) is 5.31. The number of nitrogens with zero attached hydrogens (tertiary/aromatic N) is 2. The maximum atomic E-state index is 12.0. The molecule has 0 saturated carbocycles. The van der Waals surface area contributed by atoms with Crippen molar-refractivity contribution >= 4 is 17.8 Å². The van der Waals surface area contributed by atoms with Crippen LogP contribution < -0.4 is 0 Å². The zero-order valence-corrected chi connectivity index (χ0v) is 9.91. The third kappa shape index (κ3) is 2.09. The summed E-state index contributed by atoms with van der Waals surface area (Å²) in [4.78, 5) is 35.4. The molecule has 1 aliphatic heterocycles. The van der Waals surface area contributed by atoms with Gasteiger partial charge < -0.3 is 4.74 Å². The van der Waals surface area contributed by atoms with Gasteiger partial charge in [-0.1, -0.05) is 12.1 Å². The molecule has 0 N–H and O–H groups in total. The van der Waals surface area contributed by atoms with Crippen LogP contribution in [0.4, 0.5) is 0 Å². The average Bonchev–Trinajstić information content (AvgIpc) is 2.65. The molecule has 0 unspecified atom stereocenters. The molecule has 0 spiro atoms. The summed E-state index contributed by atoms with van der Waals surface area (Å²) in [6, 6.07) is 7.90. The maximum absolute atomic E-state index is 12.0. The van der Waals surface area contributed by atoms with Gasteiger partial charge in [0, 0.05) is 6.92 Å². The van der Waals surface area contributed by atoms with E-state index in [1.807, 2.05) is 0 Å². The first-order valence-corrected chi connectivity index (χ1v) is 5.31. The number of hydrogen-bond donors (Lipinski definition) is 0. The minimum absolute atomic E-state index is 0.219. The number of carbonyl (C=O) groups is 3. The van der Waals surface area contributed by atoms with Gasteiger partial charge in [0.25, 0.3) is 11.8 Å². The summed E-state index contributed by atoms with van der Waals surface area (Å²) in [6.45, 7) is 1.15. The first kappa shape index (κ1) is 12.5. The van der Waals surface area contributed by atoms with Crippen LogP contribution in [0.2, 0.25) is 0 Å². The molecular weight excluding hydrogens is 248 g/mol. The van der Waals surface area contributed by atoms with E-state index in [9.17, 15) is 14.4 Å². The molecular formula is C13H8N2O4. The largest absolute Gasteiger partial charge is 0.432 e. The molecule has 0 aromatic heterocycles. The van der Waals surface area contributed by atoms with Crippen LogP contribution in [0.3, 0.4) is 0 Å². The van der Waals surface area contributed by atoms with Crippen LogP contribution in [0.15, 0.2) is 36.2 Å². The van der Waals surface area contributed by atoms with Crippen molar-refractivity contribution in [3.63, 3.8) is 0 Å². The number of fused-ring (bicyclic) bond motifs is 1. The molecule has 1 aromatic rings. The first-order chi connectivity index (χ1) is 9.06. The Labute approximate surface area is 108 Å². The zero-order valence-electron chi connectivity index (χ0n) is 9.91. The molecule has 94 valence electrons. The number of rotatable bonds is 2. The standard InChI is InChI=1S/C13H8N2O4/c1-8(16)19-7-9(6-14)15-12(17)10-4-2-3-5-11(10)13(15)18/h2-5,7H,1H3/b9-7+. The number of hydrogen-bond acceptors (Lipinski definition) is 5. The lowest BCUT2D eigenvalue weighted by molar-refractivity contribution is -0.135. The van der Waals surface area contributed by atoms with Gasteiger partial charge in [-0.2, -0.15) is 5.26 Å². The molecule has 0 radical (unpaired) electrons. The molecule has 0 aliphatic carbocycles. The molecule has 1 aliphatic rings. The van der Waals surface area contributed by atoms with E-state index in [-0.39, 0.29) is 16.8 Å². The third-order valence-electron chi connectivity index (χ3n) is 2.49. The Morgan fingerprint density at radius 1 is 1.26 bits per heavy atom. The van der Waals surface area contributed by atoms with E-state index in [1.165, 1.54) is 12.1 Å². The quantitative estimate of drug-likeness (QED) is 0.343. The second kappa shape index (κ2) is 4.74. The van der Waals surface area contributed by atoms with Crippen LogP contribution in [0.25, 0.3) is 0 Å². The van der Waals surface area contributed by atoms with Crippen molar-refractivity contribution in [3.05, 3.63) is 47.4 Å². The molecule has 0 saturated heterocycles. The number of carbonyl (C=O) groups excluding carboxylic acids is 3. The highest BCUT2D eigenvalue weighted by atomic mass is 16.5. The Balaban J connectivity index is 2.41. The van der Waals surface area contributed by atoms with Crippen LogP contribution in [0.1, 0.15) is 27.6 Å². The van der Waals surface area contributed by atoms with Crippen molar-refractivity contribution in [2.75, 3.05) is 0 Å². The van der Waals surface area contributed by atoms with E-state index < -0.39 is 17.8 Å². The van der Waals surface area contributed by atoms with Gasteiger partial charge in [-0.25, -0.2) is 4.90 Å². The number of esters is 1. The second-order valence-electron chi connectivity index (χ2n) is 3.72. The number of ether oxygens (including phenoxy) is 1. The fraction of sp³-hybridized carbons (Fsp3) is 0.0769. The van der Waals surface area contributed by atoms with Crippen LogP contribution in [-0.2, 0) is 9.53 Å². The molecule has 19 heavy (non-hydrogen) atoms. The van der Waals surface area contributed by atoms with Gasteiger partial charge in [-0.05, 0) is 12.1 Å². The van der Waals surface area contributed by atoms with Crippen LogP contribution in [-0.4, -0.2) is 22.7 Å². The van der Waals surface area contributed by atoms with Crippen molar-refractivity contribution in [1.29, 1.82) is 5.26 Å². The smallest absolute Gasteiger partial charge is 0.307 e. The number of benzene rings is 1. The van der Waals surface area contributed by atoms with Crippen molar-refractivity contribution in [1.82, 2.24) is 4.90 Å². The molecule has 2 rings (SSSR count). The Bertz CT molecular complexity index is 620. The summed E-state index contributed by atoms with van der Waals surface area (Å²) >= 11 is 0. The molecule has 0 fully saturated rings. The van der Waals surface area contributed by atoms with E-state index in [1.54, 1.807) is 18.2 Å². The number of nitriles is 1. The van der Waals surface area contributed by atoms with Gasteiger partial charge in [0.05, 0.1) is 11.1 Å². The summed E-state index contributed by atoms with van der Waals surface area (Å²) in [5.41, 5.74) is 0.106. The van der Waals surface area contributed by atoms with E-state index in [4.69, 9.17) is 5.26 Å². The zero-order chi connectivity index (χ0) is 14.0. The molecule has 1 aromatic carbocycles. The highest BCUT2D eigenvalue weighted by molar-refractivity contribution is 6.22. The third-order valence-corrected chi connectivity index (χ3v) is 2.49. The molecule has 6 heteroatoms. The molecule has 2 amide bonds. The highest BCUT2D eigenvalue weighted by Gasteiger charge is 2.37. The van der Waals surface area contributed by atoms with Crippen molar-refractivity contribution in [2.45, 2.75) is 6.92 Å². The van der Waals surface area contributed by atoms with Crippen LogP contribution in [0, 0.1) is 11.3 Å². The van der Waals surface area contributed by atoms with Crippen molar-refractivity contribution in [3.8, 4) is 6.07 Å². The minimum atomic E-state index is -0.649.